The van der Waals surface area contributed by atoms with Gasteiger partial charge in [0.1, 0.15) is 0 Å². The molecule has 0 bridgehead atoms. The fourth-order valence-electron chi connectivity index (χ4n) is 1.33. The van der Waals surface area contributed by atoms with Crippen molar-refractivity contribution >= 4 is 0 Å². The lowest BCUT2D eigenvalue weighted by Gasteiger charge is -2.28. The van der Waals surface area contributed by atoms with Crippen LogP contribution in [0.4, 0.5) is 0 Å². The Kier molecular flexibility index (Phi) is 5.51. The first-order valence-electron chi connectivity index (χ1n) is 4.52. The van der Waals surface area contributed by atoms with Crippen LogP contribution >= 0.6 is 0 Å². The maximum Gasteiger partial charge on any atom is 0.0162 e. The monoisotopic (exact) mass is 158 g/mol. The molecule has 0 heterocycles. The van der Waals surface area contributed by atoms with Crippen LogP contribution < -0.4 is 10.6 Å². The lowest BCUT2D eigenvalue weighted by Crippen LogP contribution is -2.41. The van der Waals surface area contributed by atoms with E-state index in [0.29, 0.717) is 5.54 Å². The van der Waals surface area contributed by atoms with E-state index in [1.54, 1.807) is 0 Å². The summed E-state index contributed by atoms with van der Waals surface area (Å²) in [5.74, 6) is 0. The summed E-state index contributed by atoms with van der Waals surface area (Å²) in [4.78, 5) is 0. The number of hydrogen-bond donors (Lipinski definition) is 2. The van der Waals surface area contributed by atoms with Crippen molar-refractivity contribution in [3.8, 4) is 0 Å². The Morgan fingerprint density at radius 2 is 1.82 bits per heavy atom. The van der Waals surface area contributed by atoms with E-state index in [1.807, 2.05) is 14.1 Å². The third-order valence-electron chi connectivity index (χ3n) is 2.33. The summed E-state index contributed by atoms with van der Waals surface area (Å²) < 4.78 is 0. The standard InChI is InChI=1S/C9H22N2/c1-5-6-9(2,11-4)7-8-10-3/h10-11H,5-8H2,1-4H3. The second kappa shape index (κ2) is 5.56. The summed E-state index contributed by atoms with van der Waals surface area (Å²) in [6.45, 7) is 5.61. The predicted molar refractivity (Wildman–Crippen MR) is 50.9 cm³/mol. The zero-order chi connectivity index (χ0) is 8.74. The molecular weight excluding hydrogens is 136 g/mol. The van der Waals surface area contributed by atoms with Crippen molar-refractivity contribution in [2.75, 3.05) is 20.6 Å². The van der Waals surface area contributed by atoms with Crippen LogP contribution in [0.25, 0.3) is 0 Å². The zero-order valence-electron chi connectivity index (χ0n) is 8.33. The normalized spacial score (nSPS) is 16.4. The molecule has 0 fully saturated rings. The van der Waals surface area contributed by atoms with E-state index in [4.69, 9.17) is 0 Å². The van der Waals surface area contributed by atoms with E-state index in [-0.39, 0.29) is 0 Å². The molecule has 0 spiro atoms. The highest BCUT2D eigenvalue weighted by molar-refractivity contribution is 4.81. The van der Waals surface area contributed by atoms with E-state index in [1.165, 1.54) is 19.3 Å². The predicted octanol–water partition coefficient (Wildman–Crippen LogP) is 1.37. The molecule has 0 aromatic rings. The minimum Gasteiger partial charge on any atom is -0.320 e. The van der Waals surface area contributed by atoms with E-state index in [9.17, 15) is 0 Å². The molecule has 0 aromatic heterocycles. The largest absolute Gasteiger partial charge is 0.320 e. The molecule has 11 heavy (non-hydrogen) atoms. The van der Waals surface area contributed by atoms with Gasteiger partial charge in [-0.2, -0.15) is 0 Å². The molecule has 2 heteroatoms. The first-order valence-corrected chi connectivity index (χ1v) is 4.52. The van der Waals surface area contributed by atoms with Gasteiger partial charge in [-0.1, -0.05) is 13.3 Å². The molecule has 2 nitrogen and oxygen atoms in total. The van der Waals surface area contributed by atoms with Gasteiger partial charge in [-0.05, 0) is 40.4 Å². The van der Waals surface area contributed by atoms with Gasteiger partial charge in [0, 0.05) is 5.54 Å². The summed E-state index contributed by atoms with van der Waals surface area (Å²) in [6.07, 6.45) is 3.71. The second-order valence-electron chi connectivity index (χ2n) is 3.41. The zero-order valence-corrected chi connectivity index (χ0v) is 8.33. The molecular formula is C9H22N2. The molecule has 1 unspecified atom stereocenters. The SMILES string of the molecule is CCCC(C)(CCNC)NC. The van der Waals surface area contributed by atoms with E-state index in [0.717, 1.165) is 6.54 Å². The fourth-order valence-corrected chi connectivity index (χ4v) is 1.33. The van der Waals surface area contributed by atoms with Gasteiger partial charge in [0.05, 0.1) is 0 Å². The first kappa shape index (κ1) is 10.9. The van der Waals surface area contributed by atoms with E-state index in [2.05, 4.69) is 24.5 Å². The van der Waals surface area contributed by atoms with Crippen LogP contribution in [-0.2, 0) is 0 Å². The smallest absolute Gasteiger partial charge is 0.0162 e. The van der Waals surface area contributed by atoms with Crippen LogP contribution in [0.5, 0.6) is 0 Å². The molecule has 0 aliphatic heterocycles. The molecule has 0 amide bonds. The van der Waals surface area contributed by atoms with Crippen molar-refractivity contribution < 1.29 is 0 Å². The molecule has 0 aromatic carbocycles. The molecule has 0 saturated carbocycles. The van der Waals surface area contributed by atoms with Gasteiger partial charge in [-0.3, -0.25) is 0 Å². The van der Waals surface area contributed by atoms with Crippen LogP contribution in [0.3, 0.4) is 0 Å². The molecule has 0 saturated heterocycles. The molecule has 0 aliphatic rings. The Morgan fingerprint density at radius 1 is 1.18 bits per heavy atom. The Balaban J connectivity index is 3.68. The highest BCUT2D eigenvalue weighted by Gasteiger charge is 2.18. The average Bonchev–Trinajstić information content (AvgIpc) is 2.02. The van der Waals surface area contributed by atoms with Crippen LogP contribution in [0.2, 0.25) is 0 Å². The lowest BCUT2D eigenvalue weighted by molar-refractivity contribution is 0.326. The second-order valence-corrected chi connectivity index (χ2v) is 3.41. The highest BCUT2D eigenvalue weighted by Crippen LogP contribution is 2.14. The Morgan fingerprint density at radius 3 is 2.18 bits per heavy atom. The minimum absolute atomic E-state index is 0.331. The van der Waals surface area contributed by atoms with Crippen molar-refractivity contribution in [3.05, 3.63) is 0 Å². The van der Waals surface area contributed by atoms with Crippen molar-refractivity contribution in [1.82, 2.24) is 10.6 Å². The average molecular weight is 158 g/mol. The van der Waals surface area contributed by atoms with Gasteiger partial charge in [0.25, 0.3) is 0 Å². The van der Waals surface area contributed by atoms with Gasteiger partial charge in [-0.25, -0.2) is 0 Å². The van der Waals surface area contributed by atoms with Crippen LogP contribution in [0, 0.1) is 0 Å². The lowest BCUT2D eigenvalue weighted by atomic mass is 9.92. The Hall–Kier alpha value is -0.0800. The van der Waals surface area contributed by atoms with Crippen LogP contribution in [0.1, 0.15) is 33.1 Å². The van der Waals surface area contributed by atoms with Crippen molar-refractivity contribution in [3.63, 3.8) is 0 Å². The van der Waals surface area contributed by atoms with Crippen molar-refractivity contribution in [1.29, 1.82) is 0 Å². The van der Waals surface area contributed by atoms with Crippen molar-refractivity contribution in [2.45, 2.75) is 38.6 Å². The van der Waals surface area contributed by atoms with Gasteiger partial charge in [0.2, 0.25) is 0 Å². The third-order valence-corrected chi connectivity index (χ3v) is 2.33. The van der Waals surface area contributed by atoms with Crippen molar-refractivity contribution in [2.24, 2.45) is 0 Å². The molecule has 0 radical (unpaired) electrons. The van der Waals surface area contributed by atoms with Crippen LogP contribution in [-0.4, -0.2) is 26.2 Å². The number of hydrogen-bond acceptors (Lipinski definition) is 2. The molecule has 0 rings (SSSR count). The van der Waals surface area contributed by atoms with Gasteiger partial charge >= 0.3 is 0 Å². The Bertz CT molecular complexity index is 93.6. The molecule has 68 valence electrons. The maximum absolute atomic E-state index is 3.37. The van der Waals surface area contributed by atoms with Gasteiger partial charge in [-0.15, -0.1) is 0 Å². The molecule has 2 N–H and O–H groups in total. The number of nitrogens with one attached hydrogen (secondary N) is 2. The topological polar surface area (TPSA) is 24.1 Å². The first-order chi connectivity index (χ1) is 5.18. The molecule has 1 atom stereocenters. The fraction of sp³-hybridized carbons (Fsp3) is 1.00. The van der Waals surface area contributed by atoms with Gasteiger partial charge < -0.3 is 10.6 Å². The summed E-state index contributed by atoms with van der Waals surface area (Å²) >= 11 is 0. The van der Waals surface area contributed by atoms with Gasteiger partial charge in [0.15, 0.2) is 0 Å². The quantitative estimate of drug-likeness (QED) is 0.610. The van der Waals surface area contributed by atoms with E-state index < -0.39 is 0 Å². The Labute approximate surface area is 70.8 Å². The summed E-state index contributed by atoms with van der Waals surface area (Å²) in [7, 11) is 4.05. The maximum atomic E-state index is 3.37. The minimum atomic E-state index is 0.331. The molecule has 0 aliphatic carbocycles. The number of rotatable bonds is 6. The third kappa shape index (κ3) is 4.38. The van der Waals surface area contributed by atoms with Crippen LogP contribution in [0.15, 0.2) is 0 Å². The summed E-state index contributed by atoms with van der Waals surface area (Å²) in [5, 5.41) is 6.55. The highest BCUT2D eigenvalue weighted by atomic mass is 14.9. The summed E-state index contributed by atoms with van der Waals surface area (Å²) in [5.41, 5.74) is 0.331. The summed E-state index contributed by atoms with van der Waals surface area (Å²) in [6, 6.07) is 0. The van der Waals surface area contributed by atoms with E-state index >= 15 is 0 Å².